The van der Waals surface area contributed by atoms with Crippen molar-refractivity contribution in [3.8, 4) is 0 Å². The van der Waals surface area contributed by atoms with Gasteiger partial charge in [-0.15, -0.1) is 0 Å². The summed E-state index contributed by atoms with van der Waals surface area (Å²) in [5.74, 6) is 0.0491. The average Bonchev–Trinajstić information content (AvgIpc) is 2.71. The van der Waals surface area contributed by atoms with Crippen LogP contribution in [0.3, 0.4) is 0 Å². The van der Waals surface area contributed by atoms with Crippen LogP contribution >= 0.6 is 0 Å². The van der Waals surface area contributed by atoms with Crippen LogP contribution in [-0.2, 0) is 14.3 Å². The van der Waals surface area contributed by atoms with Crippen molar-refractivity contribution in [2.75, 3.05) is 32.8 Å². The third-order valence-corrected chi connectivity index (χ3v) is 4.77. The van der Waals surface area contributed by atoms with Crippen molar-refractivity contribution in [2.24, 2.45) is 0 Å². The quantitative estimate of drug-likeness (QED) is 0.492. The fourth-order valence-electron chi connectivity index (χ4n) is 3.21. The summed E-state index contributed by atoms with van der Waals surface area (Å²) >= 11 is 0. The Labute approximate surface area is 161 Å². The predicted molar refractivity (Wildman–Crippen MR) is 103 cm³/mol. The van der Waals surface area contributed by atoms with Crippen LogP contribution in [0.2, 0.25) is 0 Å². The van der Waals surface area contributed by atoms with Gasteiger partial charge in [0.05, 0.1) is 6.61 Å². The second-order valence-corrected chi connectivity index (χ2v) is 6.76. The Morgan fingerprint density at radius 2 is 1.44 bits per heavy atom. The predicted octanol–water partition coefficient (Wildman–Crippen LogP) is 2.87. The van der Waals surface area contributed by atoms with Crippen molar-refractivity contribution >= 4 is 17.8 Å². The maximum atomic E-state index is 12.4. The van der Waals surface area contributed by atoms with Gasteiger partial charge in [0.1, 0.15) is 0 Å². The van der Waals surface area contributed by atoms with Gasteiger partial charge in [-0.05, 0) is 31.9 Å². The molecule has 1 aromatic rings. The molecule has 148 valence electrons. The number of rotatable bonds is 9. The molecule has 27 heavy (non-hydrogen) atoms. The van der Waals surface area contributed by atoms with Crippen molar-refractivity contribution in [3.63, 3.8) is 0 Å². The number of ether oxygens (including phenoxy) is 1. The molecule has 1 saturated heterocycles. The van der Waals surface area contributed by atoms with Crippen LogP contribution in [0.5, 0.6) is 0 Å². The van der Waals surface area contributed by atoms with Crippen molar-refractivity contribution in [2.45, 2.75) is 45.4 Å². The second kappa shape index (κ2) is 11.4. The van der Waals surface area contributed by atoms with E-state index in [0.29, 0.717) is 51.2 Å². The van der Waals surface area contributed by atoms with Gasteiger partial charge in [-0.2, -0.15) is 0 Å². The Hall–Kier alpha value is -2.37. The van der Waals surface area contributed by atoms with E-state index in [-0.39, 0.29) is 17.8 Å². The molecule has 0 bridgehead atoms. The summed E-state index contributed by atoms with van der Waals surface area (Å²) in [5, 5.41) is 0. The molecular weight excluding hydrogens is 344 g/mol. The van der Waals surface area contributed by atoms with E-state index in [0.717, 1.165) is 25.7 Å². The number of hydrogen-bond donors (Lipinski definition) is 0. The summed E-state index contributed by atoms with van der Waals surface area (Å²) < 4.78 is 4.89. The molecule has 0 unspecified atom stereocenters. The lowest BCUT2D eigenvalue weighted by atomic mass is 10.1. The molecule has 2 rings (SSSR count). The third kappa shape index (κ3) is 7.04. The molecule has 1 fully saturated rings. The summed E-state index contributed by atoms with van der Waals surface area (Å²) in [7, 11) is 0. The lowest BCUT2D eigenvalue weighted by molar-refractivity contribution is -0.143. The molecule has 0 atom stereocenters. The largest absolute Gasteiger partial charge is 0.466 e. The van der Waals surface area contributed by atoms with Gasteiger partial charge >= 0.3 is 5.97 Å². The standard InChI is InChI=1S/C21H30N2O4/c1-2-27-20(25)13-9-4-3-8-12-19(24)22-14-16-23(17-15-22)21(26)18-10-6-5-7-11-18/h5-7,10-11H,2-4,8-9,12-17H2,1H3. The zero-order valence-corrected chi connectivity index (χ0v) is 16.2. The second-order valence-electron chi connectivity index (χ2n) is 6.76. The number of esters is 1. The van der Waals surface area contributed by atoms with Crippen LogP contribution in [0, 0.1) is 0 Å². The van der Waals surface area contributed by atoms with E-state index >= 15 is 0 Å². The van der Waals surface area contributed by atoms with Gasteiger partial charge in [0.2, 0.25) is 5.91 Å². The molecule has 0 saturated carbocycles. The molecule has 6 heteroatoms. The Kier molecular flexibility index (Phi) is 8.81. The minimum absolute atomic E-state index is 0.0318. The topological polar surface area (TPSA) is 66.9 Å². The number of amides is 2. The summed E-state index contributed by atoms with van der Waals surface area (Å²) in [4.78, 5) is 39.7. The summed E-state index contributed by atoms with van der Waals surface area (Å²) in [5.41, 5.74) is 0.695. The minimum Gasteiger partial charge on any atom is -0.466 e. The monoisotopic (exact) mass is 374 g/mol. The lowest BCUT2D eigenvalue weighted by Crippen LogP contribution is -2.50. The number of nitrogens with zero attached hydrogens (tertiary/aromatic N) is 2. The van der Waals surface area contributed by atoms with Crippen molar-refractivity contribution in [1.82, 2.24) is 9.80 Å². The van der Waals surface area contributed by atoms with Crippen molar-refractivity contribution < 1.29 is 19.1 Å². The van der Waals surface area contributed by atoms with Crippen LogP contribution in [0.1, 0.15) is 55.8 Å². The molecule has 1 aliphatic heterocycles. The van der Waals surface area contributed by atoms with Gasteiger partial charge in [-0.1, -0.05) is 31.0 Å². The molecule has 2 amide bonds. The Morgan fingerprint density at radius 1 is 0.852 bits per heavy atom. The first kappa shape index (κ1) is 20.9. The molecule has 0 aliphatic carbocycles. The molecule has 6 nitrogen and oxygen atoms in total. The van der Waals surface area contributed by atoms with E-state index in [1.807, 2.05) is 40.1 Å². The number of benzene rings is 1. The fourth-order valence-corrected chi connectivity index (χ4v) is 3.21. The van der Waals surface area contributed by atoms with Gasteiger partial charge in [-0.25, -0.2) is 0 Å². The maximum absolute atomic E-state index is 12.4. The smallest absolute Gasteiger partial charge is 0.305 e. The fraction of sp³-hybridized carbons (Fsp3) is 0.571. The number of carbonyl (C=O) groups excluding carboxylic acids is 3. The molecule has 1 heterocycles. The van der Waals surface area contributed by atoms with Gasteiger partial charge < -0.3 is 14.5 Å². The van der Waals surface area contributed by atoms with Crippen LogP contribution in [0.4, 0.5) is 0 Å². The third-order valence-electron chi connectivity index (χ3n) is 4.77. The van der Waals surface area contributed by atoms with E-state index in [1.54, 1.807) is 6.92 Å². The number of carbonyl (C=O) groups is 3. The zero-order chi connectivity index (χ0) is 19.5. The highest BCUT2D eigenvalue weighted by atomic mass is 16.5. The maximum Gasteiger partial charge on any atom is 0.305 e. The molecule has 1 aromatic carbocycles. The van der Waals surface area contributed by atoms with E-state index < -0.39 is 0 Å². The van der Waals surface area contributed by atoms with Crippen LogP contribution in [-0.4, -0.2) is 60.4 Å². The molecule has 0 N–H and O–H groups in total. The molecule has 0 radical (unpaired) electrons. The zero-order valence-electron chi connectivity index (χ0n) is 16.2. The highest BCUT2D eigenvalue weighted by Crippen LogP contribution is 2.12. The van der Waals surface area contributed by atoms with E-state index in [4.69, 9.17) is 4.74 Å². The van der Waals surface area contributed by atoms with Crippen LogP contribution in [0.25, 0.3) is 0 Å². The number of piperazine rings is 1. The molecule has 0 aromatic heterocycles. The average molecular weight is 374 g/mol. The van der Waals surface area contributed by atoms with Crippen LogP contribution in [0.15, 0.2) is 30.3 Å². The first-order valence-corrected chi connectivity index (χ1v) is 9.89. The Bertz CT molecular complexity index is 610. The van der Waals surface area contributed by atoms with E-state index in [1.165, 1.54) is 0 Å². The minimum atomic E-state index is -0.142. The summed E-state index contributed by atoms with van der Waals surface area (Å²) in [6.07, 6.45) is 4.52. The highest BCUT2D eigenvalue weighted by molar-refractivity contribution is 5.94. The molecule has 1 aliphatic rings. The lowest BCUT2D eigenvalue weighted by Gasteiger charge is -2.35. The van der Waals surface area contributed by atoms with E-state index in [9.17, 15) is 14.4 Å². The van der Waals surface area contributed by atoms with Gasteiger partial charge in [0.25, 0.3) is 5.91 Å². The van der Waals surface area contributed by atoms with E-state index in [2.05, 4.69) is 0 Å². The van der Waals surface area contributed by atoms with Crippen molar-refractivity contribution in [3.05, 3.63) is 35.9 Å². The van der Waals surface area contributed by atoms with Gasteiger partial charge in [0, 0.05) is 44.6 Å². The van der Waals surface area contributed by atoms with Gasteiger partial charge in [0.15, 0.2) is 0 Å². The molecular formula is C21H30N2O4. The number of unbranched alkanes of at least 4 members (excludes halogenated alkanes) is 3. The Morgan fingerprint density at radius 3 is 2.07 bits per heavy atom. The SMILES string of the molecule is CCOC(=O)CCCCCCC(=O)N1CCN(C(=O)c2ccccc2)CC1. The normalized spacial score (nSPS) is 14.1. The first-order chi connectivity index (χ1) is 13.1. The first-order valence-electron chi connectivity index (χ1n) is 9.89. The molecule has 0 spiro atoms. The van der Waals surface area contributed by atoms with Gasteiger partial charge in [-0.3, -0.25) is 14.4 Å². The Balaban J connectivity index is 1.59. The van der Waals surface area contributed by atoms with Crippen LogP contribution < -0.4 is 0 Å². The summed E-state index contributed by atoms with van der Waals surface area (Å²) in [6.45, 7) is 4.59. The van der Waals surface area contributed by atoms with Crippen molar-refractivity contribution in [1.29, 1.82) is 0 Å². The highest BCUT2D eigenvalue weighted by Gasteiger charge is 2.24. The number of hydrogen-bond acceptors (Lipinski definition) is 4. The summed E-state index contributed by atoms with van der Waals surface area (Å²) in [6, 6.07) is 9.26.